The molecular weight excluding hydrogens is 456 g/mol. The maximum Gasteiger partial charge on any atom is 0.193 e. The maximum absolute atomic E-state index is 12.8. The largest absolute Gasteiger partial charge is 0.483 e. The number of ketones is 1. The average molecular weight is 489 g/mol. The van der Waals surface area contributed by atoms with E-state index in [1.807, 2.05) is 131 Å². The van der Waals surface area contributed by atoms with Crippen LogP contribution in [0.2, 0.25) is 0 Å². The number of hydrogen-bond donors (Lipinski definition) is 0. The maximum atomic E-state index is 12.8. The fourth-order valence-electron chi connectivity index (χ4n) is 4.03. The van der Waals surface area contributed by atoms with Crippen molar-refractivity contribution >= 4 is 5.78 Å². The molecule has 0 bridgehead atoms. The lowest BCUT2D eigenvalue weighted by molar-refractivity contribution is 0.103. The van der Waals surface area contributed by atoms with E-state index in [1.54, 1.807) is 6.08 Å². The third kappa shape index (κ3) is 6.25. The summed E-state index contributed by atoms with van der Waals surface area (Å²) in [5.74, 6) is 2.29. The van der Waals surface area contributed by atoms with Crippen molar-refractivity contribution < 1.29 is 14.3 Å². The molecule has 0 unspecified atom stereocenters. The van der Waals surface area contributed by atoms with Crippen LogP contribution in [0.25, 0.3) is 11.1 Å². The zero-order valence-corrected chi connectivity index (χ0v) is 21.8. The summed E-state index contributed by atoms with van der Waals surface area (Å²) >= 11 is 0. The van der Waals surface area contributed by atoms with Crippen LogP contribution in [0.3, 0.4) is 0 Å². The Labute approximate surface area is 219 Å². The zero-order chi connectivity index (χ0) is 26.4. The van der Waals surface area contributed by atoms with Gasteiger partial charge < -0.3 is 9.47 Å². The van der Waals surface area contributed by atoms with Crippen LogP contribution in [-0.4, -0.2) is 5.78 Å². The molecular formula is C34H32O3. The van der Waals surface area contributed by atoms with Gasteiger partial charge in [0.25, 0.3) is 0 Å². The minimum atomic E-state index is -0.568. The molecule has 186 valence electrons. The highest BCUT2D eigenvalue weighted by Crippen LogP contribution is 2.31. The van der Waals surface area contributed by atoms with Crippen molar-refractivity contribution in [3.8, 4) is 22.6 Å². The molecule has 3 nitrogen and oxygen atoms in total. The van der Waals surface area contributed by atoms with E-state index < -0.39 is 5.60 Å². The number of allylic oxidation sites excluding steroid dienone is 2. The van der Waals surface area contributed by atoms with Crippen LogP contribution in [0.5, 0.6) is 11.5 Å². The number of benzene rings is 4. The number of hydrogen-bond acceptors (Lipinski definition) is 3. The Hall–Kier alpha value is -4.37. The van der Waals surface area contributed by atoms with Gasteiger partial charge in [-0.2, -0.15) is 0 Å². The first kappa shape index (κ1) is 25.7. The molecule has 4 aromatic carbocycles. The molecule has 0 spiro atoms. The lowest BCUT2D eigenvalue weighted by atomic mass is 9.94. The van der Waals surface area contributed by atoms with Crippen molar-refractivity contribution in [2.24, 2.45) is 0 Å². The molecule has 0 saturated carbocycles. The summed E-state index contributed by atoms with van der Waals surface area (Å²) in [7, 11) is 0. The van der Waals surface area contributed by atoms with Crippen molar-refractivity contribution in [1.29, 1.82) is 0 Å². The molecule has 0 amide bonds. The van der Waals surface area contributed by atoms with Crippen LogP contribution in [0, 0.1) is 6.92 Å². The van der Waals surface area contributed by atoms with Crippen molar-refractivity contribution in [2.45, 2.75) is 33.3 Å². The second kappa shape index (κ2) is 11.1. The summed E-state index contributed by atoms with van der Waals surface area (Å²) in [6, 6.07) is 31.3. The highest BCUT2D eigenvalue weighted by Gasteiger charge is 2.23. The number of carbonyl (C=O) groups is 1. The number of ether oxygens (including phenoxy) is 2. The average Bonchev–Trinajstić information content (AvgIpc) is 2.92. The van der Waals surface area contributed by atoms with Gasteiger partial charge in [-0.25, -0.2) is 0 Å². The summed E-state index contributed by atoms with van der Waals surface area (Å²) in [4.78, 5) is 12.8. The number of carbonyl (C=O) groups excluding carboxylic acids is 1. The number of rotatable bonds is 9. The normalized spacial score (nSPS) is 11.6. The van der Waals surface area contributed by atoms with E-state index >= 15 is 0 Å². The standard InChI is InChI=1S/C34H32O3/c1-6-30(7-2)36-31-20-14-25(15-21-31)26-16-22-32(23-17-26)37-34(4,5)29-18-12-28(13-19-29)33(35)27-10-8-24(3)9-11-27/h6-23H,1H2,2-5H3/b30-7+. The van der Waals surface area contributed by atoms with Gasteiger partial charge in [0.05, 0.1) is 0 Å². The molecule has 37 heavy (non-hydrogen) atoms. The van der Waals surface area contributed by atoms with Gasteiger partial charge in [-0.15, -0.1) is 0 Å². The number of aryl methyl sites for hydroxylation is 1. The van der Waals surface area contributed by atoms with Gasteiger partial charge >= 0.3 is 0 Å². The van der Waals surface area contributed by atoms with Crippen LogP contribution < -0.4 is 9.47 Å². The van der Waals surface area contributed by atoms with Gasteiger partial charge in [0.2, 0.25) is 0 Å². The van der Waals surface area contributed by atoms with Crippen molar-refractivity contribution in [3.05, 3.63) is 144 Å². The fourth-order valence-corrected chi connectivity index (χ4v) is 4.03. The Balaban J connectivity index is 1.43. The van der Waals surface area contributed by atoms with E-state index in [1.165, 1.54) is 0 Å². The molecule has 0 N–H and O–H groups in total. The van der Waals surface area contributed by atoms with Crippen LogP contribution in [0.15, 0.2) is 122 Å². The Bertz CT molecular complexity index is 1390. The first-order valence-electron chi connectivity index (χ1n) is 12.4. The second-order valence-corrected chi connectivity index (χ2v) is 9.43. The van der Waals surface area contributed by atoms with E-state index in [2.05, 4.69) is 6.58 Å². The quantitative estimate of drug-likeness (QED) is 0.134. The molecule has 0 aliphatic rings. The Morgan fingerprint density at radius 1 is 0.730 bits per heavy atom. The Kier molecular flexibility index (Phi) is 7.74. The summed E-state index contributed by atoms with van der Waals surface area (Å²) in [6.45, 7) is 11.7. The topological polar surface area (TPSA) is 35.5 Å². The summed E-state index contributed by atoms with van der Waals surface area (Å²) < 4.78 is 12.1. The van der Waals surface area contributed by atoms with Gasteiger partial charge in [0.1, 0.15) is 22.9 Å². The van der Waals surface area contributed by atoms with Gasteiger partial charge in [-0.3, -0.25) is 4.79 Å². The molecule has 0 fully saturated rings. The lowest BCUT2D eigenvalue weighted by Crippen LogP contribution is -2.25. The molecule has 3 heteroatoms. The zero-order valence-electron chi connectivity index (χ0n) is 21.8. The molecule has 0 heterocycles. The molecule has 0 aromatic heterocycles. The van der Waals surface area contributed by atoms with E-state index in [0.717, 1.165) is 39.5 Å². The highest BCUT2D eigenvalue weighted by atomic mass is 16.5. The smallest absolute Gasteiger partial charge is 0.193 e. The molecule has 0 saturated heterocycles. The van der Waals surface area contributed by atoms with E-state index in [-0.39, 0.29) is 5.78 Å². The monoisotopic (exact) mass is 488 g/mol. The third-order valence-corrected chi connectivity index (χ3v) is 6.29. The summed E-state index contributed by atoms with van der Waals surface area (Å²) in [5.41, 5.74) is 5.09. The first-order chi connectivity index (χ1) is 17.8. The predicted octanol–water partition coefficient (Wildman–Crippen LogP) is 8.68. The highest BCUT2D eigenvalue weighted by molar-refractivity contribution is 6.09. The minimum absolute atomic E-state index is 0.0171. The van der Waals surface area contributed by atoms with E-state index in [0.29, 0.717) is 11.1 Å². The third-order valence-electron chi connectivity index (χ3n) is 6.29. The Morgan fingerprint density at radius 3 is 1.70 bits per heavy atom. The van der Waals surface area contributed by atoms with Crippen molar-refractivity contribution in [1.82, 2.24) is 0 Å². The first-order valence-corrected chi connectivity index (χ1v) is 12.4. The molecule has 0 radical (unpaired) electrons. The molecule has 0 aliphatic carbocycles. The second-order valence-electron chi connectivity index (χ2n) is 9.43. The Morgan fingerprint density at radius 2 is 1.22 bits per heavy atom. The lowest BCUT2D eigenvalue weighted by Gasteiger charge is -2.27. The molecule has 0 aliphatic heterocycles. The van der Waals surface area contributed by atoms with Crippen LogP contribution in [-0.2, 0) is 5.60 Å². The van der Waals surface area contributed by atoms with Crippen molar-refractivity contribution in [2.75, 3.05) is 0 Å². The fraction of sp³-hybridized carbons (Fsp3) is 0.147. The van der Waals surface area contributed by atoms with E-state index in [9.17, 15) is 4.79 Å². The summed E-state index contributed by atoms with van der Waals surface area (Å²) in [6.07, 6.45) is 3.56. The summed E-state index contributed by atoms with van der Waals surface area (Å²) in [5, 5.41) is 0. The van der Waals surface area contributed by atoms with Gasteiger partial charge in [0, 0.05) is 11.1 Å². The van der Waals surface area contributed by atoms with Gasteiger partial charge in [-0.05, 0) is 80.8 Å². The molecule has 4 aromatic rings. The minimum Gasteiger partial charge on any atom is -0.483 e. The predicted molar refractivity (Wildman–Crippen MR) is 151 cm³/mol. The van der Waals surface area contributed by atoms with Gasteiger partial charge in [0.15, 0.2) is 5.78 Å². The van der Waals surface area contributed by atoms with E-state index in [4.69, 9.17) is 9.47 Å². The SMILES string of the molecule is C=C/C(=C\C)Oc1ccc(-c2ccc(OC(C)(C)c3ccc(C(=O)c4ccc(C)cc4)cc3)cc2)cc1. The van der Waals surface area contributed by atoms with Crippen molar-refractivity contribution in [3.63, 3.8) is 0 Å². The van der Waals surface area contributed by atoms with Gasteiger partial charge in [-0.1, -0.05) is 84.9 Å². The van der Waals surface area contributed by atoms with Crippen LogP contribution in [0.4, 0.5) is 0 Å². The van der Waals surface area contributed by atoms with Crippen LogP contribution in [0.1, 0.15) is 47.8 Å². The van der Waals surface area contributed by atoms with Crippen LogP contribution >= 0.6 is 0 Å². The molecule has 0 atom stereocenters. The molecule has 4 rings (SSSR count).